The number of carbonyl (C=O) groups excluding carboxylic acids is 1. The number of aromatic nitrogens is 4. The number of pyridine rings is 1. The quantitative estimate of drug-likeness (QED) is 0.293. The van der Waals surface area contributed by atoms with Gasteiger partial charge in [0.15, 0.2) is 5.82 Å². The summed E-state index contributed by atoms with van der Waals surface area (Å²) in [7, 11) is -0.860. The van der Waals surface area contributed by atoms with Crippen molar-refractivity contribution in [2.75, 3.05) is 30.8 Å². The van der Waals surface area contributed by atoms with E-state index in [1.807, 2.05) is 27.1 Å². The minimum Gasteiger partial charge on any atom is -0.494 e. The fourth-order valence-electron chi connectivity index (χ4n) is 7.08. The van der Waals surface area contributed by atoms with Gasteiger partial charge in [-0.05, 0) is 67.9 Å². The number of nitrogens with zero attached hydrogens (tertiary/aromatic N) is 6. The number of hydrogen-bond donors (Lipinski definition) is 1. The Balaban J connectivity index is 1.33. The molecule has 14 heteroatoms. The van der Waals surface area contributed by atoms with E-state index in [1.54, 1.807) is 25.3 Å². The van der Waals surface area contributed by atoms with Crippen molar-refractivity contribution in [1.29, 1.82) is 0 Å². The van der Waals surface area contributed by atoms with E-state index in [1.165, 1.54) is 6.07 Å². The van der Waals surface area contributed by atoms with E-state index in [0.29, 0.717) is 76.4 Å². The van der Waals surface area contributed by atoms with Crippen LogP contribution in [0.5, 0.6) is 5.75 Å². The standard InChI is InChI=1S/C30H35F2N7O4S/c1-36-25-21(11-19(13-23(25)43-2)28(40)37-15-20-5-4-10-30(20,33)16-37)34-27(36)22-12-18-8-9-24(39(29(31)32)44(3,41)42)35-26(18)38(22)14-17-6-7-17/h8-9,11-13,17,20,29H,4-7,10,14-16,33H2,1-3H3. The number of rotatable bonds is 8. The summed E-state index contributed by atoms with van der Waals surface area (Å²) >= 11 is 0. The monoisotopic (exact) mass is 627 g/mol. The minimum atomic E-state index is -4.27. The number of anilines is 1. The summed E-state index contributed by atoms with van der Waals surface area (Å²) < 4.78 is 61.6. The number of amides is 1. The van der Waals surface area contributed by atoms with Crippen LogP contribution in [0.15, 0.2) is 30.3 Å². The van der Waals surface area contributed by atoms with E-state index in [4.69, 9.17) is 15.5 Å². The Morgan fingerprint density at radius 1 is 1.20 bits per heavy atom. The van der Waals surface area contributed by atoms with Crippen LogP contribution in [0.25, 0.3) is 33.6 Å². The number of ether oxygens (including phenoxy) is 1. The zero-order chi connectivity index (χ0) is 31.1. The molecule has 4 heterocycles. The third kappa shape index (κ3) is 4.69. The van der Waals surface area contributed by atoms with Crippen molar-refractivity contribution in [3.8, 4) is 17.3 Å². The van der Waals surface area contributed by atoms with Crippen LogP contribution < -0.4 is 14.8 Å². The molecule has 2 aliphatic carbocycles. The Hall–Kier alpha value is -3.78. The van der Waals surface area contributed by atoms with Gasteiger partial charge < -0.3 is 24.5 Å². The van der Waals surface area contributed by atoms with E-state index in [9.17, 15) is 22.0 Å². The lowest BCUT2D eigenvalue weighted by atomic mass is 9.92. The van der Waals surface area contributed by atoms with Crippen molar-refractivity contribution >= 4 is 43.8 Å². The normalized spacial score (nSPS) is 22.0. The third-order valence-corrected chi connectivity index (χ3v) is 10.5. The second-order valence-electron chi connectivity index (χ2n) is 12.6. The van der Waals surface area contributed by atoms with Crippen molar-refractivity contribution in [1.82, 2.24) is 24.0 Å². The number of imidazole rings is 1. The molecular weight excluding hydrogens is 592 g/mol. The van der Waals surface area contributed by atoms with Crippen LogP contribution in [0.1, 0.15) is 42.5 Å². The predicted molar refractivity (Wildman–Crippen MR) is 162 cm³/mol. The number of halogens is 2. The van der Waals surface area contributed by atoms with E-state index in [0.717, 1.165) is 38.4 Å². The number of fused-ring (bicyclic) bond motifs is 3. The molecule has 3 aromatic heterocycles. The molecule has 1 aliphatic heterocycles. The number of likely N-dealkylation sites (tertiary alicyclic amines) is 1. The maximum atomic E-state index is 13.8. The Morgan fingerprint density at radius 2 is 1.98 bits per heavy atom. The molecule has 44 heavy (non-hydrogen) atoms. The van der Waals surface area contributed by atoms with Crippen LogP contribution >= 0.6 is 0 Å². The topological polar surface area (TPSA) is 129 Å². The van der Waals surface area contributed by atoms with Crippen LogP contribution in [-0.2, 0) is 23.6 Å². The molecule has 1 amide bonds. The van der Waals surface area contributed by atoms with E-state index in [2.05, 4.69) is 4.98 Å². The van der Waals surface area contributed by atoms with Gasteiger partial charge in [-0.1, -0.05) is 6.42 Å². The minimum absolute atomic E-state index is 0.0269. The Morgan fingerprint density at radius 3 is 2.64 bits per heavy atom. The molecule has 1 saturated heterocycles. The average molecular weight is 628 g/mol. The number of hydrogen-bond acceptors (Lipinski definition) is 7. The summed E-state index contributed by atoms with van der Waals surface area (Å²) in [5, 5.41) is 0.664. The van der Waals surface area contributed by atoms with Gasteiger partial charge in [0.05, 0.1) is 24.6 Å². The molecule has 234 valence electrons. The molecule has 3 aliphatic rings. The summed E-state index contributed by atoms with van der Waals surface area (Å²) in [6, 6.07) is 8.28. The molecule has 2 unspecified atom stereocenters. The molecule has 0 spiro atoms. The van der Waals surface area contributed by atoms with Gasteiger partial charge in [-0.25, -0.2) is 18.4 Å². The first-order valence-electron chi connectivity index (χ1n) is 14.8. The van der Waals surface area contributed by atoms with E-state index in [-0.39, 0.29) is 21.6 Å². The second-order valence-corrected chi connectivity index (χ2v) is 14.4. The van der Waals surface area contributed by atoms with Crippen molar-refractivity contribution in [2.45, 2.75) is 50.7 Å². The molecule has 4 aromatic rings. The molecule has 3 fully saturated rings. The fourth-order valence-corrected chi connectivity index (χ4v) is 7.81. The van der Waals surface area contributed by atoms with Crippen LogP contribution in [0.4, 0.5) is 14.6 Å². The van der Waals surface area contributed by atoms with Gasteiger partial charge in [0.25, 0.3) is 5.91 Å². The van der Waals surface area contributed by atoms with Gasteiger partial charge in [0, 0.05) is 43.2 Å². The molecule has 2 atom stereocenters. The summed E-state index contributed by atoms with van der Waals surface area (Å²) in [6.07, 6.45) is 5.83. The maximum Gasteiger partial charge on any atom is 0.329 e. The third-order valence-electron chi connectivity index (χ3n) is 9.48. The van der Waals surface area contributed by atoms with Gasteiger partial charge in [0.2, 0.25) is 10.0 Å². The first-order valence-corrected chi connectivity index (χ1v) is 16.6. The highest BCUT2D eigenvalue weighted by Crippen LogP contribution is 2.41. The van der Waals surface area contributed by atoms with Gasteiger partial charge in [0.1, 0.15) is 22.7 Å². The highest BCUT2D eigenvalue weighted by Gasteiger charge is 2.48. The second kappa shape index (κ2) is 10.1. The van der Waals surface area contributed by atoms with Crippen molar-refractivity contribution in [2.24, 2.45) is 24.6 Å². The largest absolute Gasteiger partial charge is 0.494 e. The number of carbonyl (C=O) groups is 1. The average Bonchev–Trinajstić information content (AvgIpc) is 3.31. The summed E-state index contributed by atoms with van der Waals surface area (Å²) in [5.74, 6) is 1.32. The maximum absolute atomic E-state index is 13.8. The Labute approximate surface area is 253 Å². The lowest BCUT2D eigenvalue weighted by Crippen LogP contribution is -2.44. The van der Waals surface area contributed by atoms with E-state index >= 15 is 0 Å². The van der Waals surface area contributed by atoms with Gasteiger partial charge in [-0.2, -0.15) is 13.1 Å². The number of aryl methyl sites for hydroxylation is 1. The van der Waals surface area contributed by atoms with Crippen molar-refractivity contribution < 1.29 is 26.7 Å². The SMILES string of the molecule is COc1cc(C(=O)N2CC3CCCC3(N)C2)cc2nc(-c3cc4ccc(N(C(F)F)S(C)(=O)=O)nc4n3CC3CC3)n(C)c12. The first-order chi connectivity index (χ1) is 20.9. The zero-order valence-electron chi connectivity index (χ0n) is 24.8. The molecule has 11 nitrogen and oxygen atoms in total. The molecule has 0 bridgehead atoms. The number of methoxy groups -OCH3 is 1. The molecule has 2 N–H and O–H groups in total. The van der Waals surface area contributed by atoms with Gasteiger partial charge in [-0.3, -0.25) is 4.79 Å². The van der Waals surface area contributed by atoms with Gasteiger partial charge in [-0.15, -0.1) is 0 Å². The number of alkyl halides is 2. The van der Waals surface area contributed by atoms with Crippen LogP contribution in [0.2, 0.25) is 0 Å². The summed E-state index contributed by atoms with van der Waals surface area (Å²) in [6.45, 7) is -1.53. The number of sulfonamides is 1. The van der Waals surface area contributed by atoms with E-state index < -0.39 is 16.6 Å². The van der Waals surface area contributed by atoms with Crippen LogP contribution in [-0.4, -0.2) is 76.9 Å². The summed E-state index contributed by atoms with van der Waals surface area (Å²) in [5.41, 5.74) is 9.16. The molecule has 2 saturated carbocycles. The highest BCUT2D eigenvalue weighted by molar-refractivity contribution is 7.92. The summed E-state index contributed by atoms with van der Waals surface area (Å²) in [4.78, 5) is 24.9. The Bertz CT molecular complexity index is 1920. The first kappa shape index (κ1) is 29.0. The highest BCUT2D eigenvalue weighted by atomic mass is 32.2. The Kier molecular flexibility index (Phi) is 6.66. The number of benzene rings is 1. The van der Waals surface area contributed by atoms with Crippen molar-refractivity contribution in [3.05, 3.63) is 35.9 Å². The lowest BCUT2D eigenvalue weighted by Gasteiger charge is -2.23. The van der Waals surface area contributed by atoms with Gasteiger partial charge >= 0.3 is 6.55 Å². The smallest absolute Gasteiger partial charge is 0.329 e. The molecule has 0 radical (unpaired) electrons. The van der Waals surface area contributed by atoms with Crippen molar-refractivity contribution in [3.63, 3.8) is 0 Å². The lowest BCUT2D eigenvalue weighted by molar-refractivity contribution is 0.0778. The fraction of sp³-hybridized carbons (Fsp3) is 0.500. The van der Waals surface area contributed by atoms with Crippen LogP contribution in [0, 0.1) is 11.8 Å². The number of nitrogens with two attached hydrogens (primary N) is 1. The predicted octanol–water partition coefficient (Wildman–Crippen LogP) is 3.95. The van der Waals surface area contributed by atoms with Crippen LogP contribution in [0.3, 0.4) is 0 Å². The molecular formula is C30H35F2N7O4S. The molecule has 1 aromatic carbocycles. The molecule has 7 rings (SSSR count). The zero-order valence-corrected chi connectivity index (χ0v) is 25.6.